The third kappa shape index (κ3) is 1.08. The van der Waals surface area contributed by atoms with Gasteiger partial charge in [0.15, 0.2) is 0 Å². The van der Waals surface area contributed by atoms with Gasteiger partial charge in [0.05, 0.1) is 18.3 Å². The van der Waals surface area contributed by atoms with Crippen molar-refractivity contribution in [1.29, 1.82) is 0 Å². The smallest absolute Gasteiger partial charge is 0.0892 e. The Kier molecular flexibility index (Phi) is 1.87. The molecule has 2 aliphatic heterocycles. The van der Waals surface area contributed by atoms with Gasteiger partial charge in [-0.15, -0.1) is 0 Å². The van der Waals surface area contributed by atoms with Crippen LogP contribution in [-0.2, 0) is 9.47 Å². The average Bonchev–Trinajstić information content (AvgIpc) is 2.60. The fraction of sp³-hybridized carbons (Fsp3) is 1.00. The summed E-state index contributed by atoms with van der Waals surface area (Å²) in [5.74, 6) is 0.318. The molecule has 2 saturated heterocycles. The van der Waals surface area contributed by atoms with E-state index in [1.807, 2.05) is 0 Å². The number of aliphatic hydroxyl groups excluding tert-OH is 1. The molecule has 11 heavy (non-hydrogen) atoms. The Bertz CT molecular complexity index is 134. The summed E-state index contributed by atoms with van der Waals surface area (Å²) >= 11 is 0. The van der Waals surface area contributed by atoms with Crippen LogP contribution in [0.3, 0.4) is 0 Å². The van der Waals surface area contributed by atoms with E-state index in [0.29, 0.717) is 12.0 Å². The molecular weight excluding hydrogens is 144 g/mol. The zero-order valence-corrected chi connectivity index (χ0v) is 6.69. The van der Waals surface area contributed by atoms with Crippen LogP contribution in [-0.4, -0.2) is 37.1 Å². The quantitative estimate of drug-likeness (QED) is 0.622. The Morgan fingerprint density at radius 1 is 1.55 bits per heavy atom. The molecule has 2 fully saturated rings. The van der Waals surface area contributed by atoms with Gasteiger partial charge in [-0.1, -0.05) is 0 Å². The highest BCUT2D eigenvalue weighted by molar-refractivity contribution is 4.95. The second-order valence-corrected chi connectivity index (χ2v) is 3.41. The number of fused-ring (bicyclic) bond motifs is 2. The van der Waals surface area contributed by atoms with E-state index < -0.39 is 0 Å². The lowest BCUT2D eigenvalue weighted by molar-refractivity contribution is -0.00432. The molecule has 2 aliphatic rings. The first-order valence-corrected chi connectivity index (χ1v) is 4.14. The van der Waals surface area contributed by atoms with Crippen molar-refractivity contribution in [3.63, 3.8) is 0 Å². The normalized spacial score (nSPS) is 48.5. The van der Waals surface area contributed by atoms with Gasteiger partial charge < -0.3 is 14.6 Å². The maximum absolute atomic E-state index is 8.97. The van der Waals surface area contributed by atoms with Gasteiger partial charge in [-0.25, -0.2) is 0 Å². The number of ether oxygens (including phenoxy) is 2. The summed E-state index contributed by atoms with van der Waals surface area (Å²) in [7, 11) is 1.71. The first-order chi connectivity index (χ1) is 5.35. The topological polar surface area (TPSA) is 38.7 Å². The summed E-state index contributed by atoms with van der Waals surface area (Å²) < 4.78 is 10.8. The molecule has 0 aliphatic carbocycles. The molecule has 2 bridgehead atoms. The van der Waals surface area contributed by atoms with Crippen LogP contribution in [0.1, 0.15) is 12.8 Å². The molecule has 0 saturated carbocycles. The van der Waals surface area contributed by atoms with Crippen molar-refractivity contribution in [2.45, 2.75) is 31.2 Å². The van der Waals surface area contributed by atoms with E-state index in [-0.39, 0.29) is 18.8 Å². The molecule has 0 aromatic rings. The van der Waals surface area contributed by atoms with Crippen molar-refractivity contribution in [2.75, 3.05) is 13.7 Å². The Morgan fingerprint density at radius 2 is 2.36 bits per heavy atom. The minimum Gasteiger partial charge on any atom is -0.396 e. The summed E-state index contributed by atoms with van der Waals surface area (Å²) in [6.07, 6.45) is 2.77. The maximum atomic E-state index is 8.97. The highest BCUT2D eigenvalue weighted by atomic mass is 16.6. The van der Waals surface area contributed by atoms with Gasteiger partial charge in [0.25, 0.3) is 0 Å². The molecule has 4 atom stereocenters. The second kappa shape index (κ2) is 2.73. The summed E-state index contributed by atoms with van der Waals surface area (Å²) in [5.41, 5.74) is 0. The molecule has 3 heteroatoms. The Balaban J connectivity index is 2.02. The number of hydrogen-bond donors (Lipinski definition) is 1. The maximum Gasteiger partial charge on any atom is 0.0892 e. The van der Waals surface area contributed by atoms with E-state index in [4.69, 9.17) is 14.6 Å². The first-order valence-electron chi connectivity index (χ1n) is 4.14. The SMILES string of the molecule is COC1CC2CC(CO)C1O2. The van der Waals surface area contributed by atoms with E-state index in [1.54, 1.807) is 7.11 Å². The number of hydrogen-bond acceptors (Lipinski definition) is 3. The van der Waals surface area contributed by atoms with Gasteiger partial charge in [0, 0.05) is 26.1 Å². The van der Waals surface area contributed by atoms with Gasteiger partial charge in [0.2, 0.25) is 0 Å². The fourth-order valence-corrected chi connectivity index (χ4v) is 2.21. The summed E-state index contributed by atoms with van der Waals surface area (Å²) in [6, 6.07) is 0. The summed E-state index contributed by atoms with van der Waals surface area (Å²) in [5, 5.41) is 8.97. The van der Waals surface area contributed by atoms with Crippen LogP contribution in [0.15, 0.2) is 0 Å². The molecule has 4 unspecified atom stereocenters. The highest BCUT2D eigenvalue weighted by Crippen LogP contribution is 2.39. The lowest BCUT2D eigenvalue weighted by Crippen LogP contribution is -2.33. The fourth-order valence-electron chi connectivity index (χ4n) is 2.21. The summed E-state index contributed by atoms with van der Waals surface area (Å²) in [6.45, 7) is 0.237. The molecule has 0 spiro atoms. The van der Waals surface area contributed by atoms with Crippen LogP contribution >= 0.6 is 0 Å². The lowest BCUT2D eigenvalue weighted by atomic mass is 9.88. The van der Waals surface area contributed by atoms with Crippen LogP contribution in [0.5, 0.6) is 0 Å². The molecule has 0 aromatic carbocycles. The van der Waals surface area contributed by atoms with Crippen molar-refractivity contribution in [2.24, 2.45) is 5.92 Å². The molecule has 0 aromatic heterocycles. The molecule has 2 heterocycles. The predicted octanol–water partition coefficient (Wildman–Crippen LogP) is 0.171. The summed E-state index contributed by atoms with van der Waals surface area (Å²) in [4.78, 5) is 0. The second-order valence-electron chi connectivity index (χ2n) is 3.41. The van der Waals surface area contributed by atoms with E-state index in [9.17, 15) is 0 Å². The van der Waals surface area contributed by atoms with Crippen LogP contribution in [0.4, 0.5) is 0 Å². The molecular formula is C8H14O3. The minimum atomic E-state index is 0.162. The molecule has 0 amide bonds. The van der Waals surface area contributed by atoms with E-state index in [2.05, 4.69) is 0 Å². The van der Waals surface area contributed by atoms with Crippen LogP contribution in [0.25, 0.3) is 0 Å². The van der Waals surface area contributed by atoms with Gasteiger partial charge in [0.1, 0.15) is 0 Å². The van der Waals surface area contributed by atoms with Crippen molar-refractivity contribution in [3.05, 3.63) is 0 Å². The number of methoxy groups -OCH3 is 1. The van der Waals surface area contributed by atoms with Crippen molar-refractivity contribution in [3.8, 4) is 0 Å². The van der Waals surface area contributed by atoms with Crippen LogP contribution in [0, 0.1) is 5.92 Å². The molecule has 3 nitrogen and oxygen atoms in total. The van der Waals surface area contributed by atoms with E-state index >= 15 is 0 Å². The van der Waals surface area contributed by atoms with Gasteiger partial charge in [-0.05, 0) is 6.42 Å². The van der Waals surface area contributed by atoms with Crippen LogP contribution < -0.4 is 0 Å². The Hall–Kier alpha value is -0.120. The largest absolute Gasteiger partial charge is 0.396 e. The van der Waals surface area contributed by atoms with E-state index in [0.717, 1.165) is 12.8 Å². The average molecular weight is 158 g/mol. The van der Waals surface area contributed by atoms with Gasteiger partial charge in [-0.3, -0.25) is 0 Å². The minimum absolute atomic E-state index is 0.162. The third-order valence-electron chi connectivity index (χ3n) is 2.78. The lowest BCUT2D eigenvalue weighted by Gasteiger charge is -2.23. The molecule has 1 N–H and O–H groups in total. The van der Waals surface area contributed by atoms with Crippen molar-refractivity contribution in [1.82, 2.24) is 0 Å². The van der Waals surface area contributed by atoms with E-state index in [1.165, 1.54) is 0 Å². The molecule has 2 rings (SSSR count). The predicted molar refractivity (Wildman–Crippen MR) is 39.3 cm³/mol. The standard InChI is InChI=1S/C8H14O3/c1-10-7-3-6-2-5(4-9)8(7)11-6/h5-9H,2-4H2,1H3. The zero-order valence-electron chi connectivity index (χ0n) is 6.69. The van der Waals surface area contributed by atoms with Gasteiger partial charge in [-0.2, -0.15) is 0 Å². The van der Waals surface area contributed by atoms with Crippen molar-refractivity contribution < 1.29 is 14.6 Å². The highest BCUT2D eigenvalue weighted by Gasteiger charge is 2.47. The number of aliphatic hydroxyl groups is 1. The first kappa shape index (κ1) is 7.53. The van der Waals surface area contributed by atoms with Crippen molar-refractivity contribution >= 4 is 0 Å². The molecule has 0 radical (unpaired) electrons. The molecule has 64 valence electrons. The Morgan fingerprint density at radius 3 is 2.91 bits per heavy atom. The number of rotatable bonds is 2. The monoisotopic (exact) mass is 158 g/mol. The van der Waals surface area contributed by atoms with Crippen LogP contribution in [0.2, 0.25) is 0 Å². The van der Waals surface area contributed by atoms with Gasteiger partial charge >= 0.3 is 0 Å². The zero-order chi connectivity index (χ0) is 7.84. The third-order valence-corrected chi connectivity index (χ3v) is 2.78. The Labute approximate surface area is 66.3 Å².